The summed E-state index contributed by atoms with van der Waals surface area (Å²) < 4.78 is 5.08. The Morgan fingerprint density at radius 1 is 1.33 bits per heavy atom. The Bertz CT molecular complexity index is 537. The fourth-order valence-electron chi connectivity index (χ4n) is 1.34. The van der Waals surface area contributed by atoms with Gasteiger partial charge in [0.15, 0.2) is 0 Å². The number of carbonyl (C=O) groups is 1. The number of phenolic OH excluding ortho intramolecular Hbond substituents is 1. The van der Waals surface area contributed by atoms with Crippen LogP contribution in [-0.2, 0) is 4.79 Å². The van der Waals surface area contributed by atoms with E-state index >= 15 is 0 Å². The zero-order valence-electron chi connectivity index (χ0n) is 7.68. The highest BCUT2D eigenvalue weighted by molar-refractivity contribution is 5.91. The lowest BCUT2D eigenvalue weighted by atomic mass is 10.1. The second-order valence-electron chi connectivity index (χ2n) is 3.01. The molecule has 0 spiro atoms. The first-order valence-electron chi connectivity index (χ1n) is 4.28. The lowest BCUT2D eigenvalue weighted by Crippen LogP contribution is -1.85. The molecule has 15 heavy (non-hydrogen) atoms. The molecule has 0 saturated carbocycles. The van der Waals surface area contributed by atoms with Crippen LogP contribution in [0.5, 0.6) is 5.75 Å². The lowest BCUT2D eigenvalue weighted by Gasteiger charge is -1.98. The van der Waals surface area contributed by atoms with Crippen molar-refractivity contribution in [2.75, 3.05) is 0 Å². The number of fused-ring (bicyclic) bond motifs is 1. The molecule has 4 nitrogen and oxygen atoms in total. The molecular formula is C11H8O4. The van der Waals surface area contributed by atoms with Crippen LogP contribution < -0.4 is 0 Å². The first kappa shape index (κ1) is 9.33. The highest BCUT2D eigenvalue weighted by Crippen LogP contribution is 2.30. The van der Waals surface area contributed by atoms with Crippen molar-refractivity contribution in [2.45, 2.75) is 0 Å². The van der Waals surface area contributed by atoms with Crippen LogP contribution in [0.3, 0.4) is 0 Å². The second kappa shape index (κ2) is 3.49. The molecule has 0 aliphatic carbocycles. The van der Waals surface area contributed by atoms with E-state index in [0.29, 0.717) is 16.5 Å². The number of aliphatic carboxylic acids is 1. The predicted molar refractivity (Wildman–Crippen MR) is 54.5 cm³/mol. The van der Waals surface area contributed by atoms with Gasteiger partial charge < -0.3 is 14.6 Å². The van der Waals surface area contributed by atoms with Gasteiger partial charge in [-0.15, -0.1) is 0 Å². The molecule has 1 aromatic carbocycles. The van der Waals surface area contributed by atoms with E-state index in [2.05, 4.69) is 0 Å². The third-order valence-corrected chi connectivity index (χ3v) is 2.04. The fraction of sp³-hybridized carbons (Fsp3) is 0. The largest absolute Gasteiger partial charge is 0.507 e. The van der Waals surface area contributed by atoms with Crippen molar-refractivity contribution >= 4 is 23.0 Å². The second-order valence-corrected chi connectivity index (χ2v) is 3.01. The molecule has 0 radical (unpaired) electrons. The van der Waals surface area contributed by atoms with Gasteiger partial charge in [0.25, 0.3) is 0 Å². The van der Waals surface area contributed by atoms with Crippen molar-refractivity contribution < 1.29 is 19.4 Å². The molecule has 2 N–H and O–H groups in total. The molecule has 0 aliphatic rings. The minimum absolute atomic E-state index is 0.0266. The van der Waals surface area contributed by atoms with E-state index in [1.165, 1.54) is 12.3 Å². The maximum Gasteiger partial charge on any atom is 0.328 e. The van der Waals surface area contributed by atoms with Gasteiger partial charge in [-0.3, -0.25) is 0 Å². The van der Waals surface area contributed by atoms with Crippen LogP contribution in [0.25, 0.3) is 17.0 Å². The molecule has 0 amide bonds. The normalized spacial score (nSPS) is 11.2. The van der Waals surface area contributed by atoms with Gasteiger partial charge in [-0.2, -0.15) is 0 Å². The summed E-state index contributed by atoms with van der Waals surface area (Å²) in [6, 6.07) is 4.90. The average molecular weight is 204 g/mol. The average Bonchev–Trinajstić information content (AvgIpc) is 2.65. The van der Waals surface area contributed by atoms with Gasteiger partial charge in [0.05, 0.1) is 11.6 Å². The lowest BCUT2D eigenvalue weighted by molar-refractivity contribution is -0.131. The molecule has 4 heteroatoms. The summed E-state index contributed by atoms with van der Waals surface area (Å²) in [6.45, 7) is 0. The van der Waals surface area contributed by atoms with Crippen molar-refractivity contribution in [3.05, 3.63) is 36.1 Å². The fourth-order valence-corrected chi connectivity index (χ4v) is 1.34. The van der Waals surface area contributed by atoms with Crippen molar-refractivity contribution in [1.29, 1.82) is 0 Å². The summed E-state index contributed by atoms with van der Waals surface area (Å²) in [4.78, 5) is 10.3. The molecule has 0 aliphatic heterocycles. The number of hydrogen-bond acceptors (Lipinski definition) is 3. The van der Waals surface area contributed by atoms with E-state index in [1.807, 2.05) is 0 Å². The summed E-state index contributed by atoms with van der Waals surface area (Å²) >= 11 is 0. The van der Waals surface area contributed by atoms with E-state index in [-0.39, 0.29) is 5.75 Å². The van der Waals surface area contributed by atoms with Gasteiger partial charge in [0.2, 0.25) is 0 Å². The Labute approximate surface area is 85.1 Å². The van der Waals surface area contributed by atoms with Gasteiger partial charge in [0.1, 0.15) is 11.3 Å². The van der Waals surface area contributed by atoms with Crippen LogP contribution >= 0.6 is 0 Å². The first-order valence-corrected chi connectivity index (χ1v) is 4.28. The molecule has 2 rings (SSSR count). The monoisotopic (exact) mass is 204 g/mol. The summed E-state index contributed by atoms with van der Waals surface area (Å²) in [6.07, 6.45) is 3.78. The van der Waals surface area contributed by atoms with E-state index in [9.17, 15) is 9.90 Å². The van der Waals surface area contributed by atoms with Crippen LogP contribution in [0.4, 0.5) is 0 Å². The number of rotatable bonds is 2. The summed E-state index contributed by atoms with van der Waals surface area (Å²) in [5.41, 5.74) is 1.02. The topological polar surface area (TPSA) is 70.7 Å². The number of phenols is 1. The quantitative estimate of drug-likeness (QED) is 0.736. The van der Waals surface area contributed by atoms with Crippen molar-refractivity contribution in [1.82, 2.24) is 0 Å². The predicted octanol–water partition coefficient (Wildman–Crippen LogP) is 2.24. The van der Waals surface area contributed by atoms with Gasteiger partial charge >= 0.3 is 5.97 Å². The Morgan fingerprint density at radius 3 is 2.87 bits per heavy atom. The Morgan fingerprint density at radius 2 is 2.13 bits per heavy atom. The van der Waals surface area contributed by atoms with E-state index < -0.39 is 5.97 Å². The van der Waals surface area contributed by atoms with Crippen LogP contribution in [0, 0.1) is 0 Å². The molecule has 0 unspecified atom stereocenters. The van der Waals surface area contributed by atoms with Crippen LogP contribution in [0.15, 0.2) is 35.0 Å². The molecule has 2 aromatic rings. The number of hydrogen-bond donors (Lipinski definition) is 2. The molecule has 0 fully saturated rings. The molecule has 1 aromatic heterocycles. The molecular weight excluding hydrogens is 196 g/mol. The molecule has 76 valence electrons. The Hall–Kier alpha value is -2.23. The minimum Gasteiger partial charge on any atom is -0.507 e. The van der Waals surface area contributed by atoms with Crippen LogP contribution in [-0.4, -0.2) is 16.2 Å². The van der Waals surface area contributed by atoms with Crippen LogP contribution in [0.1, 0.15) is 5.56 Å². The minimum atomic E-state index is -1.05. The van der Waals surface area contributed by atoms with Gasteiger partial charge in [-0.1, -0.05) is 0 Å². The SMILES string of the molecule is O=C(O)C=Cc1ccc2occc2c1O. The van der Waals surface area contributed by atoms with E-state index in [1.54, 1.807) is 18.2 Å². The first-order chi connectivity index (χ1) is 7.18. The third kappa shape index (κ3) is 1.69. The summed E-state index contributed by atoms with van der Waals surface area (Å²) in [5, 5.41) is 18.8. The Kier molecular flexibility index (Phi) is 2.17. The molecule has 0 saturated heterocycles. The van der Waals surface area contributed by atoms with Gasteiger partial charge in [-0.05, 0) is 24.3 Å². The summed E-state index contributed by atoms with van der Waals surface area (Å²) in [7, 11) is 0. The van der Waals surface area contributed by atoms with E-state index in [4.69, 9.17) is 9.52 Å². The number of carboxylic acids is 1. The highest BCUT2D eigenvalue weighted by atomic mass is 16.4. The molecule has 0 bridgehead atoms. The Balaban J connectivity index is 2.52. The smallest absolute Gasteiger partial charge is 0.328 e. The number of aromatic hydroxyl groups is 1. The standard InChI is InChI=1S/C11H8O4/c12-10(13)4-2-7-1-3-9-8(11(7)14)5-6-15-9/h1-6,14H,(H,12,13). The van der Waals surface area contributed by atoms with Gasteiger partial charge in [-0.25, -0.2) is 4.79 Å². The maximum atomic E-state index is 10.3. The van der Waals surface area contributed by atoms with Gasteiger partial charge in [0, 0.05) is 11.6 Å². The van der Waals surface area contributed by atoms with Crippen molar-refractivity contribution in [3.8, 4) is 5.75 Å². The van der Waals surface area contributed by atoms with Crippen LogP contribution in [0.2, 0.25) is 0 Å². The maximum absolute atomic E-state index is 10.3. The highest BCUT2D eigenvalue weighted by Gasteiger charge is 2.06. The van der Waals surface area contributed by atoms with Crippen molar-refractivity contribution in [3.63, 3.8) is 0 Å². The third-order valence-electron chi connectivity index (χ3n) is 2.04. The van der Waals surface area contributed by atoms with Crippen molar-refractivity contribution in [2.24, 2.45) is 0 Å². The van der Waals surface area contributed by atoms with E-state index in [0.717, 1.165) is 6.08 Å². The number of furan rings is 1. The zero-order chi connectivity index (χ0) is 10.8. The summed E-state index contributed by atoms with van der Waals surface area (Å²) in [5.74, 6) is -1.03. The zero-order valence-corrected chi connectivity index (χ0v) is 7.68. The molecule has 1 heterocycles. The number of benzene rings is 1. The molecule has 0 atom stereocenters. The number of carboxylic acid groups (broad SMARTS) is 1.